The number of morpholine rings is 1. The van der Waals surface area contributed by atoms with Crippen LogP contribution in [0.1, 0.15) is 40.7 Å². The van der Waals surface area contributed by atoms with Crippen molar-refractivity contribution in [3.05, 3.63) is 58.1 Å². The summed E-state index contributed by atoms with van der Waals surface area (Å²) in [5, 5.41) is 8.98. The number of carbonyl (C=O) groups excluding carboxylic acids is 1. The molecule has 1 atom stereocenters. The summed E-state index contributed by atoms with van der Waals surface area (Å²) in [6.45, 7) is 4.10. The summed E-state index contributed by atoms with van der Waals surface area (Å²) in [5.74, 6) is 0. The van der Waals surface area contributed by atoms with E-state index >= 15 is 0 Å². The molecule has 170 valence electrons. The van der Waals surface area contributed by atoms with E-state index in [2.05, 4.69) is 20.6 Å². The van der Waals surface area contributed by atoms with Crippen LogP contribution in [0.15, 0.2) is 39.6 Å². The molecular weight excluding hydrogens is 424 g/mol. The van der Waals surface area contributed by atoms with Crippen molar-refractivity contribution in [3.8, 4) is 0 Å². The zero-order valence-corrected chi connectivity index (χ0v) is 19.1. The fourth-order valence-electron chi connectivity index (χ4n) is 5.08. The number of urea groups is 1. The summed E-state index contributed by atoms with van der Waals surface area (Å²) in [4.78, 5) is 15.5. The van der Waals surface area contributed by atoms with Crippen molar-refractivity contribution < 1.29 is 13.7 Å². The van der Waals surface area contributed by atoms with Crippen LogP contribution in [-0.2, 0) is 46.9 Å². The van der Waals surface area contributed by atoms with E-state index < -0.39 is 15.9 Å². The second-order valence-corrected chi connectivity index (χ2v) is 10.6. The largest absolute Gasteiger partial charge is 0.379 e. The lowest BCUT2D eigenvalue weighted by Gasteiger charge is -2.26. The van der Waals surface area contributed by atoms with E-state index in [1.807, 2.05) is 12.1 Å². The first-order valence-corrected chi connectivity index (χ1v) is 13.0. The number of rotatable bonds is 4. The van der Waals surface area contributed by atoms with E-state index in [4.69, 9.17) is 9.88 Å². The SMILES string of the molecule is NS(=O)(=NC(=O)Nc1c2c(cc3c1CCC3)CCC2)c1ccc(CN2CCOCC2)cc1. The number of aryl methyl sites for hydroxylation is 2. The van der Waals surface area contributed by atoms with Gasteiger partial charge in [-0.15, -0.1) is 4.36 Å². The highest BCUT2D eigenvalue weighted by molar-refractivity contribution is 7.91. The van der Waals surface area contributed by atoms with Gasteiger partial charge in [0.2, 0.25) is 0 Å². The molecular formula is C24H30N4O3S. The Hall–Kier alpha value is -2.26. The third-order valence-corrected chi connectivity index (χ3v) is 8.08. The molecule has 3 aliphatic rings. The van der Waals surface area contributed by atoms with Crippen molar-refractivity contribution in [3.63, 3.8) is 0 Å². The number of carbonyl (C=O) groups is 1. The lowest BCUT2D eigenvalue weighted by atomic mass is 9.99. The highest BCUT2D eigenvalue weighted by Crippen LogP contribution is 2.38. The molecule has 0 bridgehead atoms. The van der Waals surface area contributed by atoms with E-state index in [1.165, 1.54) is 22.3 Å². The lowest BCUT2D eigenvalue weighted by molar-refractivity contribution is 0.0342. The molecule has 0 radical (unpaired) electrons. The van der Waals surface area contributed by atoms with Gasteiger partial charge in [-0.25, -0.2) is 14.1 Å². The van der Waals surface area contributed by atoms with Crippen LogP contribution in [0.25, 0.3) is 0 Å². The monoisotopic (exact) mass is 454 g/mol. The summed E-state index contributed by atoms with van der Waals surface area (Å²) in [7, 11) is -3.33. The Balaban J connectivity index is 1.33. The molecule has 1 saturated heterocycles. The molecule has 1 heterocycles. The van der Waals surface area contributed by atoms with Crippen LogP contribution in [0.3, 0.4) is 0 Å². The zero-order chi connectivity index (χ0) is 22.1. The highest BCUT2D eigenvalue weighted by Gasteiger charge is 2.25. The molecule has 2 aromatic carbocycles. The molecule has 1 aliphatic heterocycles. The Morgan fingerprint density at radius 1 is 1.03 bits per heavy atom. The third-order valence-electron chi connectivity index (χ3n) is 6.69. The van der Waals surface area contributed by atoms with Gasteiger partial charge in [-0.3, -0.25) is 4.90 Å². The molecule has 32 heavy (non-hydrogen) atoms. The minimum Gasteiger partial charge on any atom is -0.379 e. The molecule has 0 aromatic heterocycles. The molecule has 1 fully saturated rings. The van der Waals surface area contributed by atoms with Gasteiger partial charge in [0.1, 0.15) is 9.92 Å². The van der Waals surface area contributed by atoms with Gasteiger partial charge < -0.3 is 10.1 Å². The van der Waals surface area contributed by atoms with Gasteiger partial charge in [0.15, 0.2) is 0 Å². The minimum atomic E-state index is -3.33. The summed E-state index contributed by atoms with van der Waals surface area (Å²) >= 11 is 0. The quantitative estimate of drug-likeness (QED) is 0.740. The topological polar surface area (TPSA) is 97.0 Å². The molecule has 0 spiro atoms. The molecule has 7 nitrogen and oxygen atoms in total. The van der Waals surface area contributed by atoms with Gasteiger partial charge in [0.05, 0.1) is 18.1 Å². The van der Waals surface area contributed by atoms with E-state index in [0.717, 1.165) is 82.6 Å². The van der Waals surface area contributed by atoms with Gasteiger partial charge in [0.25, 0.3) is 0 Å². The Morgan fingerprint density at radius 3 is 2.28 bits per heavy atom. The number of nitrogens with one attached hydrogen (secondary N) is 1. The molecule has 1 unspecified atom stereocenters. The molecule has 5 rings (SSSR count). The Kier molecular flexibility index (Phi) is 6.03. The average molecular weight is 455 g/mol. The summed E-state index contributed by atoms with van der Waals surface area (Å²) in [6, 6.07) is 8.91. The normalized spacial score (nSPS) is 19.8. The maximum absolute atomic E-state index is 13.1. The predicted octanol–water partition coefficient (Wildman–Crippen LogP) is 3.43. The van der Waals surface area contributed by atoms with Crippen LogP contribution >= 0.6 is 0 Å². The minimum absolute atomic E-state index is 0.363. The maximum Gasteiger partial charge on any atom is 0.354 e. The highest BCUT2D eigenvalue weighted by atomic mass is 32.2. The number of ether oxygens (including phenoxy) is 1. The van der Waals surface area contributed by atoms with Crippen molar-refractivity contribution >= 4 is 21.6 Å². The first-order valence-electron chi connectivity index (χ1n) is 11.4. The zero-order valence-electron chi connectivity index (χ0n) is 18.3. The summed E-state index contributed by atoms with van der Waals surface area (Å²) in [6.07, 6.45) is 6.22. The van der Waals surface area contributed by atoms with Crippen LogP contribution in [0.2, 0.25) is 0 Å². The maximum atomic E-state index is 13.1. The van der Waals surface area contributed by atoms with E-state index in [0.29, 0.717) is 4.90 Å². The van der Waals surface area contributed by atoms with E-state index in [-0.39, 0.29) is 0 Å². The molecule has 8 heteroatoms. The number of nitrogens with two attached hydrogens (primary N) is 1. The average Bonchev–Trinajstić information content (AvgIpc) is 3.44. The van der Waals surface area contributed by atoms with Crippen LogP contribution in [0.4, 0.5) is 10.5 Å². The number of anilines is 1. The van der Waals surface area contributed by atoms with Crippen molar-refractivity contribution in [2.75, 3.05) is 31.6 Å². The number of benzene rings is 2. The van der Waals surface area contributed by atoms with Crippen molar-refractivity contribution in [2.45, 2.75) is 50.0 Å². The number of hydrogen-bond acceptors (Lipinski definition) is 4. The van der Waals surface area contributed by atoms with Gasteiger partial charge in [-0.05, 0) is 78.5 Å². The Bertz CT molecular complexity index is 1110. The molecule has 2 aromatic rings. The Morgan fingerprint density at radius 2 is 1.66 bits per heavy atom. The van der Waals surface area contributed by atoms with Crippen molar-refractivity contribution in [1.82, 2.24) is 4.90 Å². The van der Waals surface area contributed by atoms with Crippen molar-refractivity contribution in [2.24, 2.45) is 9.50 Å². The molecule has 2 amide bonds. The molecule has 3 N–H and O–H groups in total. The van der Waals surface area contributed by atoms with Crippen LogP contribution < -0.4 is 10.5 Å². The van der Waals surface area contributed by atoms with E-state index in [9.17, 15) is 9.00 Å². The standard InChI is InChI=1S/C24H30N4O3S/c25-32(30,20-9-7-17(8-10-20)16-28-11-13-31-14-12-28)27-24(29)26-23-21-5-1-3-18(21)15-19-4-2-6-22(19)23/h7-10,15H,1-6,11-14,16H2,(H3,25,26,27,29,30). The molecule has 2 aliphatic carbocycles. The van der Waals surface area contributed by atoms with Gasteiger partial charge in [-0.1, -0.05) is 18.2 Å². The Labute approximate surface area is 189 Å². The van der Waals surface area contributed by atoms with Crippen LogP contribution in [0.5, 0.6) is 0 Å². The molecule has 0 saturated carbocycles. The number of nitrogens with zero attached hydrogens (tertiary/aromatic N) is 2. The second kappa shape index (κ2) is 8.94. The smallest absolute Gasteiger partial charge is 0.354 e. The van der Waals surface area contributed by atoms with Crippen molar-refractivity contribution in [1.29, 1.82) is 0 Å². The first kappa shape index (κ1) is 21.6. The first-order chi connectivity index (χ1) is 15.5. The summed E-state index contributed by atoms with van der Waals surface area (Å²) < 4.78 is 22.4. The fourth-order valence-corrected chi connectivity index (χ4v) is 6.00. The fraction of sp³-hybridized carbons (Fsp3) is 0.458. The van der Waals surface area contributed by atoms with Crippen LogP contribution in [0, 0.1) is 0 Å². The predicted molar refractivity (Wildman–Crippen MR) is 125 cm³/mol. The van der Waals surface area contributed by atoms with Gasteiger partial charge >= 0.3 is 6.03 Å². The van der Waals surface area contributed by atoms with E-state index in [1.54, 1.807) is 12.1 Å². The third kappa shape index (κ3) is 4.45. The lowest BCUT2D eigenvalue weighted by Crippen LogP contribution is -2.35. The number of fused-ring (bicyclic) bond motifs is 2. The summed E-state index contributed by atoms with van der Waals surface area (Å²) in [5.41, 5.74) is 7.06. The number of amides is 2. The van der Waals surface area contributed by atoms with Crippen LogP contribution in [-0.4, -0.2) is 41.4 Å². The van der Waals surface area contributed by atoms with Gasteiger partial charge in [-0.2, -0.15) is 0 Å². The second-order valence-electron chi connectivity index (χ2n) is 8.86. The van der Waals surface area contributed by atoms with Gasteiger partial charge in [0, 0.05) is 25.3 Å². The number of hydrogen-bond donors (Lipinski definition) is 2.